The van der Waals surface area contributed by atoms with Crippen molar-refractivity contribution >= 4 is 22.3 Å². The zero-order valence-corrected chi connectivity index (χ0v) is 11.8. The van der Waals surface area contributed by atoms with Crippen molar-refractivity contribution in [3.63, 3.8) is 0 Å². The van der Waals surface area contributed by atoms with Gasteiger partial charge >= 0.3 is 0 Å². The van der Waals surface area contributed by atoms with Crippen LogP contribution < -0.4 is 10.6 Å². The Hall–Kier alpha value is -2.55. The van der Waals surface area contributed by atoms with Crippen LogP contribution in [0.25, 0.3) is 10.9 Å². The molecule has 3 nitrogen and oxygen atoms in total. The van der Waals surface area contributed by atoms with Crippen LogP contribution >= 0.6 is 0 Å². The minimum atomic E-state index is 0.835. The van der Waals surface area contributed by atoms with E-state index >= 15 is 0 Å². The van der Waals surface area contributed by atoms with E-state index in [-0.39, 0.29) is 0 Å². The van der Waals surface area contributed by atoms with Gasteiger partial charge in [-0.3, -0.25) is 4.98 Å². The van der Waals surface area contributed by atoms with E-state index in [1.165, 1.54) is 16.6 Å². The Balaban J connectivity index is 1.66. The highest BCUT2D eigenvalue weighted by Gasteiger charge is 2.21. The Kier molecular flexibility index (Phi) is 2.78. The Labute approximate surface area is 124 Å². The van der Waals surface area contributed by atoms with E-state index in [0.717, 1.165) is 36.4 Å². The minimum absolute atomic E-state index is 0.835. The molecular formula is C18H17N3. The number of pyridine rings is 1. The second-order valence-corrected chi connectivity index (χ2v) is 5.51. The van der Waals surface area contributed by atoms with Crippen LogP contribution in [-0.2, 0) is 13.0 Å². The minimum Gasteiger partial charge on any atom is -0.398 e. The van der Waals surface area contributed by atoms with Gasteiger partial charge < -0.3 is 10.6 Å². The SMILES string of the molecule is Nc1cccc2c1CCN2Cc1ccc2ccccc2n1. The van der Waals surface area contributed by atoms with Crippen LogP contribution in [0.15, 0.2) is 54.6 Å². The lowest BCUT2D eigenvalue weighted by Crippen LogP contribution is -2.20. The fourth-order valence-corrected chi connectivity index (χ4v) is 3.08. The van der Waals surface area contributed by atoms with Gasteiger partial charge in [-0.2, -0.15) is 0 Å². The van der Waals surface area contributed by atoms with Gasteiger partial charge in [0.1, 0.15) is 0 Å². The van der Waals surface area contributed by atoms with Crippen LogP contribution in [-0.4, -0.2) is 11.5 Å². The molecule has 0 atom stereocenters. The molecule has 0 saturated heterocycles. The fourth-order valence-electron chi connectivity index (χ4n) is 3.08. The number of nitrogens with zero attached hydrogens (tertiary/aromatic N) is 2. The third kappa shape index (κ3) is 2.11. The Bertz CT molecular complexity index is 810. The van der Waals surface area contributed by atoms with Gasteiger partial charge in [0.15, 0.2) is 0 Å². The highest BCUT2D eigenvalue weighted by atomic mass is 15.2. The summed E-state index contributed by atoms with van der Waals surface area (Å²) in [5.41, 5.74) is 11.7. The maximum absolute atomic E-state index is 6.06. The molecule has 2 aromatic carbocycles. The molecule has 2 heterocycles. The van der Waals surface area contributed by atoms with E-state index in [1.54, 1.807) is 0 Å². The summed E-state index contributed by atoms with van der Waals surface area (Å²) < 4.78 is 0. The summed E-state index contributed by atoms with van der Waals surface area (Å²) in [6.07, 6.45) is 1.02. The van der Waals surface area contributed by atoms with Crippen molar-refractivity contribution in [3.8, 4) is 0 Å². The Morgan fingerprint density at radius 3 is 2.86 bits per heavy atom. The molecule has 0 aliphatic carbocycles. The molecule has 0 fully saturated rings. The van der Waals surface area contributed by atoms with Crippen molar-refractivity contribution < 1.29 is 0 Å². The van der Waals surface area contributed by atoms with Gasteiger partial charge in [0.05, 0.1) is 17.8 Å². The van der Waals surface area contributed by atoms with E-state index in [4.69, 9.17) is 10.7 Å². The molecule has 0 spiro atoms. The number of nitrogens with two attached hydrogens (primary N) is 1. The van der Waals surface area contributed by atoms with Crippen LogP contribution in [0.2, 0.25) is 0 Å². The second kappa shape index (κ2) is 4.77. The normalized spacial score (nSPS) is 13.6. The van der Waals surface area contributed by atoms with Gasteiger partial charge in [0.25, 0.3) is 0 Å². The molecule has 21 heavy (non-hydrogen) atoms. The maximum Gasteiger partial charge on any atom is 0.0706 e. The van der Waals surface area contributed by atoms with Gasteiger partial charge in [-0.15, -0.1) is 0 Å². The highest BCUT2D eigenvalue weighted by molar-refractivity contribution is 5.78. The zero-order chi connectivity index (χ0) is 14.2. The number of benzene rings is 2. The van der Waals surface area contributed by atoms with Crippen molar-refractivity contribution in [1.82, 2.24) is 4.98 Å². The number of aromatic nitrogens is 1. The van der Waals surface area contributed by atoms with Crippen molar-refractivity contribution in [3.05, 3.63) is 65.9 Å². The number of anilines is 2. The maximum atomic E-state index is 6.06. The topological polar surface area (TPSA) is 42.1 Å². The predicted octanol–water partition coefficient (Wildman–Crippen LogP) is 3.38. The summed E-state index contributed by atoms with van der Waals surface area (Å²) in [7, 11) is 0. The number of hydrogen-bond acceptors (Lipinski definition) is 3. The van der Waals surface area contributed by atoms with Gasteiger partial charge in [-0.25, -0.2) is 0 Å². The third-order valence-corrected chi connectivity index (χ3v) is 4.17. The number of hydrogen-bond donors (Lipinski definition) is 1. The van der Waals surface area contributed by atoms with Crippen molar-refractivity contribution in [2.24, 2.45) is 0 Å². The summed E-state index contributed by atoms with van der Waals surface area (Å²) in [4.78, 5) is 7.13. The van der Waals surface area contributed by atoms with Crippen LogP contribution in [0, 0.1) is 0 Å². The van der Waals surface area contributed by atoms with E-state index < -0.39 is 0 Å². The van der Waals surface area contributed by atoms with Crippen molar-refractivity contribution in [1.29, 1.82) is 0 Å². The number of rotatable bonds is 2. The van der Waals surface area contributed by atoms with Crippen molar-refractivity contribution in [2.75, 3.05) is 17.2 Å². The molecule has 0 saturated carbocycles. The Morgan fingerprint density at radius 1 is 1.00 bits per heavy atom. The number of para-hydroxylation sites is 1. The molecule has 0 radical (unpaired) electrons. The smallest absolute Gasteiger partial charge is 0.0706 e. The first-order valence-corrected chi connectivity index (χ1v) is 7.28. The molecular weight excluding hydrogens is 258 g/mol. The van der Waals surface area contributed by atoms with Crippen molar-refractivity contribution in [2.45, 2.75) is 13.0 Å². The molecule has 0 amide bonds. The summed E-state index contributed by atoms with van der Waals surface area (Å²) in [6, 6.07) is 18.7. The standard InChI is InChI=1S/C18H17N3/c19-16-5-3-7-18-15(16)10-11-21(18)12-14-9-8-13-4-1-2-6-17(13)20-14/h1-9H,10-12,19H2. The third-order valence-electron chi connectivity index (χ3n) is 4.17. The molecule has 4 rings (SSSR count). The molecule has 3 heteroatoms. The summed E-state index contributed by atoms with van der Waals surface area (Å²) in [5, 5.41) is 1.19. The van der Waals surface area contributed by atoms with Gasteiger partial charge in [0, 0.05) is 28.9 Å². The van der Waals surface area contributed by atoms with Crippen LogP contribution in [0.3, 0.4) is 0 Å². The first-order valence-electron chi connectivity index (χ1n) is 7.28. The average molecular weight is 275 g/mol. The average Bonchev–Trinajstić information content (AvgIpc) is 2.92. The largest absolute Gasteiger partial charge is 0.398 e. The fraction of sp³-hybridized carbons (Fsp3) is 0.167. The first-order chi connectivity index (χ1) is 10.3. The quantitative estimate of drug-likeness (QED) is 0.729. The van der Waals surface area contributed by atoms with Gasteiger partial charge in [0.2, 0.25) is 0 Å². The van der Waals surface area contributed by atoms with E-state index in [9.17, 15) is 0 Å². The molecule has 1 aromatic heterocycles. The lowest BCUT2D eigenvalue weighted by molar-refractivity contribution is 0.818. The summed E-state index contributed by atoms with van der Waals surface area (Å²) >= 11 is 0. The van der Waals surface area contributed by atoms with E-state index in [0.29, 0.717) is 0 Å². The summed E-state index contributed by atoms with van der Waals surface area (Å²) in [5.74, 6) is 0. The lowest BCUT2D eigenvalue weighted by Gasteiger charge is -2.19. The number of fused-ring (bicyclic) bond motifs is 2. The Morgan fingerprint density at radius 2 is 1.90 bits per heavy atom. The molecule has 104 valence electrons. The molecule has 0 unspecified atom stereocenters. The second-order valence-electron chi connectivity index (χ2n) is 5.51. The van der Waals surface area contributed by atoms with Gasteiger partial charge in [-0.05, 0) is 30.7 Å². The van der Waals surface area contributed by atoms with Crippen LogP contribution in [0.4, 0.5) is 11.4 Å². The molecule has 3 aromatic rings. The summed E-state index contributed by atoms with van der Waals surface area (Å²) in [6.45, 7) is 1.85. The molecule has 2 N–H and O–H groups in total. The zero-order valence-electron chi connectivity index (χ0n) is 11.8. The molecule has 1 aliphatic heterocycles. The highest BCUT2D eigenvalue weighted by Crippen LogP contribution is 2.32. The lowest BCUT2D eigenvalue weighted by atomic mass is 10.1. The van der Waals surface area contributed by atoms with Crippen LogP contribution in [0.5, 0.6) is 0 Å². The van der Waals surface area contributed by atoms with Gasteiger partial charge in [-0.1, -0.05) is 30.3 Å². The van der Waals surface area contributed by atoms with E-state index in [2.05, 4.69) is 35.2 Å². The predicted molar refractivity (Wildman–Crippen MR) is 87.4 cm³/mol. The molecule has 0 bridgehead atoms. The first kappa shape index (κ1) is 12.2. The number of nitrogen functional groups attached to an aromatic ring is 1. The van der Waals surface area contributed by atoms with Crippen LogP contribution in [0.1, 0.15) is 11.3 Å². The monoisotopic (exact) mass is 275 g/mol. The molecule has 1 aliphatic rings. The van der Waals surface area contributed by atoms with E-state index in [1.807, 2.05) is 24.3 Å².